The number of nitrogens with one attached hydrogen (secondary N) is 1. The maximum atomic E-state index is 11.4. The summed E-state index contributed by atoms with van der Waals surface area (Å²) in [5.74, 6) is 0.151. The topological polar surface area (TPSA) is 68.5 Å². The summed E-state index contributed by atoms with van der Waals surface area (Å²) in [5.41, 5.74) is 3.09. The molecule has 1 N–H and O–H groups in total. The Hall–Kier alpha value is -2.89. The zero-order valence-corrected chi connectivity index (χ0v) is 11.7. The van der Waals surface area contributed by atoms with Crippen molar-refractivity contribution >= 4 is 23.3 Å². The number of carbonyl (C=O) groups excluding carboxylic acids is 1. The number of esters is 1. The highest BCUT2D eigenvalue weighted by Gasteiger charge is 2.07. The summed E-state index contributed by atoms with van der Waals surface area (Å²) < 4.78 is 6.43. The molecule has 106 valence electrons. The third-order valence-electron chi connectivity index (χ3n) is 3.11. The molecule has 0 unspecified atom stereocenters. The predicted molar refractivity (Wildman–Crippen MR) is 78.8 cm³/mol. The second-order valence-corrected chi connectivity index (χ2v) is 4.57. The molecule has 6 heteroatoms. The van der Waals surface area contributed by atoms with Gasteiger partial charge in [-0.15, -0.1) is 5.10 Å². The average Bonchev–Trinajstić information content (AvgIpc) is 2.91. The number of aromatic nitrogens is 3. The van der Waals surface area contributed by atoms with Crippen molar-refractivity contribution in [1.82, 2.24) is 14.6 Å². The average molecular weight is 282 g/mol. The zero-order valence-electron chi connectivity index (χ0n) is 11.7. The van der Waals surface area contributed by atoms with E-state index >= 15 is 0 Å². The van der Waals surface area contributed by atoms with Gasteiger partial charge in [-0.3, -0.25) is 0 Å². The van der Waals surface area contributed by atoms with Crippen LogP contribution < -0.4 is 5.32 Å². The summed E-state index contributed by atoms with van der Waals surface area (Å²) >= 11 is 0. The van der Waals surface area contributed by atoms with Crippen molar-refractivity contribution in [3.63, 3.8) is 0 Å². The number of benzene rings is 1. The molecular formula is C15H14N4O2. The van der Waals surface area contributed by atoms with Gasteiger partial charge in [0.15, 0.2) is 5.65 Å². The van der Waals surface area contributed by atoms with Crippen LogP contribution in [-0.4, -0.2) is 27.7 Å². The fourth-order valence-electron chi connectivity index (χ4n) is 2.03. The Morgan fingerprint density at radius 3 is 2.62 bits per heavy atom. The summed E-state index contributed by atoms with van der Waals surface area (Å²) in [6.07, 6.45) is 0. The Balaban J connectivity index is 1.85. The van der Waals surface area contributed by atoms with Gasteiger partial charge >= 0.3 is 5.97 Å². The first-order valence-corrected chi connectivity index (χ1v) is 6.45. The number of rotatable bonds is 3. The molecule has 2 heterocycles. The number of hydrogen-bond acceptors (Lipinski definition) is 5. The van der Waals surface area contributed by atoms with E-state index in [-0.39, 0.29) is 5.97 Å². The standard InChI is InChI=1S/C15H14N4O2/c1-10-4-3-5-13-17-15(18-19(10)13)16-12-8-6-11(7-9-12)14(20)21-2/h3-9H,1-2H3,(H,16,18). The molecule has 0 bridgehead atoms. The van der Waals surface area contributed by atoms with Crippen LogP contribution in [-0.2, 0) is 4.74 Å². The molecule has 21 heavy (non-hydrogen) atoms. The second kappa shape index (κ2) is 5.24. The number of methoxy groups -OCH3 is 1. The first-order valence-electron chi connectivity index (χ1n) is 6.45. The summed E-state index contributed by atoms with van der Waals surface area (Å²) in [6.45, 7) is 1.97. The first-order chi connectivity index (χ1) is 10.2. The molecule has 0 fully saturated rings. The SMILES string of the molecule is COC(=O)c1ccc(Nc2nc3cccc(C)n3n2)cc1. The Kier molecular flexibility index (Phi) is 3.27. The first kappa shape index (κ1) is 13.1. The van der Waals surface area contributed by atoms with Crippen LogP contribution in [0.3, 0.4) is 0 Å². The largest absolute Gasteiger partial charge is 0.465 e. The van der Waals surface area contributed by atoms with Gasteiger partial charge < -0.3 is 10.1 Å². The highest BCUT2D eigenvalue weighted by Crippen LogP contribution is 2.16. The predicted octanol–water partition coefficient (Wildman–Crippen LogP) is 2.57. The van der Waals surface area contributed by atoms with Gasteiger partial charge in [-0.2, -0.15) is 4.98 Å². The molecule has 3 aromatic rings. The number of pyridine rings is 1. The normalized spacial score (nSPS) is 10.6. The molecule has 0 atom stereocenters. The Bertz CT molecular complexity index is 793. The molecule has 0 aliphatic carbocycles. The number of ether oxygens (including phenoxy) is 1. The van der Waals surface area contributed by atoms with Crippen LogP contribution in [0.1, 0.15) is 16.1 Å². The van der Waals surface area contributed by atoms with Gasteiger partial charge in [-0.25, -0.2) is 9.31 Å². The number of aryl methyl sites for hydroxylation is 1. The molecule has 2 aromatic heterocycles. The fourth-order valence-corrected chi connectivity index (χ4v) is 2.03. The van der Waals surface area contributed by atoms with Crippen molar-refractivity contribution in [2.75, 3.05) is 12.4 Å². The molecule has 0 spiro atoms. The van der Waals surface area contributed by atoms with Crippen molar-refractivity contribution in [3.8, 4) is 0 Å². The molecule has 0 aliphatic heterocycles. The van der Waals surface area contributed by atoms with Gasteiger partial charge in [-0.1, -0.05) is 6.07 Å². The van der Waals surface area contributed by atoms with Crippen molar-refractivity contribution in [2.45, 2.75) is 6.92 Å². The second-order valence-electron chi connectivity index (χ2n) is 4.57. The number of fused-ring (bicyclic) bond motifs is 1. The van der Waals surface area contributed by atoms with Gasteiger partial charge in [0.1, 0.15) is 0 Å². The van der Waals surface area contributed by atoms with E-state index in [1.807, 2.05) is 25.1 Å². The highest BCUT2D eigenvalue weighted by molar-refractivity contribution is 5.89. The van der Waals surface area contributed by atoms with Gasteiger partial charge in [-0.05, 0) is 43.3 Å². The maximum Gasteiger partial charge on any atom is 0.337 e. The molecule has 0 radical (unpaired) electrons. The van der Waals surface area contributed by atoms with Gasteiger partial charge in [0.2, 0.25) is 5.95 Å². The summed E-state index contributed by atoms with van der Waals surface area (Å²) in [6, 6.07) is 12.7. The van der Waals surface area contributed by atoms with Crippen LogP contribution in [0.5, 0.6) is 0 Å². The van der Waals surface area contributed by atoms with Crippen molar-refractivity contribution < 1.29 is 9.53 Å². The minimum absolute atomic E-state index is 0.358. The molecule has 6 nitrogen and oxygen atoms in total. The Morgan fingerprint density at radius 1 is 1.19 bits per heavy atom. The summed E-state index contributed by atoms with van der Waals surface area (Å²) in [7, 11) is 1.36. The van der Waals surface area contributed by atoms with Crippen molar-refractivity contribution in [2.24, 2.45) is 0 Å². The lowest BCUT2D eigenvalue weighted by Gasteiger charge is -2.03. The number of hydrogen-bond donors (Lipinski definition) is 1. The van der Waals surface area contributed by atoms with E-state index in [4.69, 9.17) is 0 Å². The smallest absolute Gasteiger partial charge is 0.337 e. The van der Waals surface area contributed by atoms with Crippen LogP contribution in [0.25, 0.3) is 5.65 Å². The number of carbonyl (C=O) groups is 1. The molecular weight excluding hydrogens is 268 g/mol. The summed E-state index contributed by atoms with van der Waals surface area (Å²) in [5, 5.41) is 7.49. The third-order valence-corrected chi connectivity index (χ3v) is 3.11. The van der Waals surface area contributed by atoms with E-state index in [2.05, 4.69) is 20.1 Å². The highest BCUT2D eigenvalue weighted by atomic mass is 16.5. The Labute approximate surface area is 121 Å². The van der Waals surface area contributed by atoms with Crippen LogP contribution in [0.15, 0.2) is 42.5 Å². The lowest BCUT2D eigenvalue weighted by molar-refractivity contribution is 0.0601. The molecule has 3 rings (SSSR count). The molecule has 1 aromatic carbocycles. The van der Waals surface area contributed by atoms with E-state index in [0.717, 1.165) is 17.0 Å². The van der Waals surface area contributed by atoms with Crippen LogP contribution in [0.2, 0.25) is 0 Å². The van der Waals surface area contributed by atoms with E-state index in [1.54, 1.807) is 28.8 Å². The quantitative estimate of drug-likeness (QED) is 0.748. The summed E-state index contributed by atoms with van der Waals surface area (Å²) in [4.78, 5) is 15.8. The van der Waals surface area contributed by atoms with E-state index in [9.17, 15) is 4.79 Å². The van der Waals surface area contributed by atoms with Gasteiger partial charge in [0, 0.05) is 11.4 Å². The minimum atomic E-state index is -0.358. The lowest BCUT2D eigenvalue weighted by atomic mass is 10.2. The molecule has 0 aliphatic rings. The van der Waals surface area contributed by atoms with E-state index in [1.165, 1.54) is 7.11 Å². The molecule has 0 saturated carbocycles. The maximum absolute atomic E-state index is 11.4. The van der Waals surface area contributed by atoms with E-state index < -0.39 is 0 Å². The van der Waals surface area contributed by atoms with Gasteiger partial charge in [0.25, 0.3) is 0 Å². The molecule has 0 amide bonds. The zero-order chi connectivity index (χ0) is 14.8. The van der Waals surface area contributed by atoms with Crippen LogP contribution in [0, 0.1) is 6.92 Å². The number of anilines is 2. The fraction of sp³-hybridized carbons (Fsp3) is 0.133. The van der Waals surface area contributed by atoms with Crippen molar-refractivity contribution in [3.05, 3.63) is 53.7 Å². The Morgan fingerprint density at radius 2 is 1.95 bits per heavy atom. The monoisotopic (exact) mass is 282 g/mol. The third kappa shape index (κ3) is 2.55. The van der Waals surface area contributed by atoms with Crippen LogP contribution >= 0.6 is 0 Å². The van der Waals surface area contributed by atoms with E-state index in [0.29, 0.717) is 11.5 Å². The number of nitrogens with zero attached hydrogens (tertiary/aromatic N) is 3. The minimum Gasteiger partial charge on any atom is -0.465 e. The van der Waals surface area contributed by atoms with Crippen molar-refractivity contribution in [1.29, 1.82) is 0 Å². The van der Waals surface area contributed by atoms with Gasteiger partial charge in [0.05, 0.1) is 12.7 Å². The lowest BCUT2D eigenvalue weighted by Crippen LogP contribution is -2.01. The van der Waals surface area contributed by atoms with Crippen LogP contribution in [0.4, 0.5) is 11.6 Å². The molecule has 0 saturated heterocycles.